The fourth-order valence-electron chi connectivity index (χ4n) is 1.56. The zero-order chi connectivity index (χ0) is 11.4. The third-order valence-corrected chi connectivity index (χ3v) is 3.00. The highest BCUT2D eigenvalue weighted by molar-refractivity contribution is 9.10. The first-order chi connectivity index (χ1) is 7.75. The lowest BCUT2D eigenvalue weighted by molar-refractivity contribution is 0.460. The van der Waals surface area contributed by atoms with Crippen molar-refractivity contribution in [3.8, 4) is 0 Å². The quantitative estimate of drug-likeness (QED) is 0.919. The van der Waals surface area contributed by atoms with Crippen LogP contribution < -0.4 is 5.32 Å². The van der Waals surface area contributed by atoms with E-state index in [9.17, 15) is 0 Å². The minimum Gasteiger partial charge on any atom is -0.468 e. The highest BCUT2D eigenvalue weighted by atomic mass is 79.9. The van der Waals surface area contributed by atoms with E-state index < -0.39 is 0 Å². The van der Waals surface area contributed by atoms with Crippen molar-refractivity contribution >= 4 is 15.9 Å². The van der Waals surface area contributed by atoms with E-state index in [1.807, 2.05) is 24.3 Å². The normalized spacial score (nSPS) is 12.6. The molecule has 0 radical (unpaired) electrons. The summed E-state index contributed by atoms with van der Waals surface area (Å²) in [5.74, 6) is 0.960. The standard InChI is InChI=1S/C13H14BrNO/c1-10(11-4-2-5-12(14)8-11)15-9-13-6-3-7-16-13/h2-8,10,15H,9H2,1H3/t10-/m1/s1. The molecule has 0 fully saturated rings. The Hall–Kier alpha value is -1.06. The smallest absolute Gasteiger partial charge is 0.117 e. The van der Waals surface area contributed by atoms with Gasteiger partial charge in [0.15, 0.2) is 0 Å². The molecule has 1 aromatic carbocycles. The van der Waals surface area contributed by atoms with Crippen molar-refractivity contribution in [1.82, 2.24) is 5.32 Å². The average Bonchev–Trinajstić information content (AvgIpc) is 2.78. The molecule has 0 spiro atoms. The lowest BCUT2D eigenvalue weighted by Crippen LogP contribution is -2.17. The summed E-state index contributed by atoms with van der Waals surface area (Å²) in [6.45, 7) is 2.89. The zero-order valence-corrected chi connectivity index (χ0v) is 10.7. The van der Waals surface area contributed by atoms with Crippen LogP contribution in [0.15, 0.2) is 51.6 Å². The number of furan rings is 1. The largest absolute Gasteiger partial charge is 0.468 e. The Labute approximate surface area is 104 Å². The lowest BCUT2D eigenvalue weighted by atomic mass is 10.1. The third-order valence-electron chi connectivity index (χ3n) is 2.51. The molecular formula is C13H14BrNO. The van der Waals surface area contributed by atoms with Crippen LogP contribution in [0.5, 0.6) is 0 Å². The molecule has 0 aliphatic rings. The Morgan fingerprint density at radius 1 is 1.31 bits per heavy atom. The van der Waals surface area contributed by atoms with Gasteiger partial charge in [-0.25, -0.2) is 0 Å². The molecule has 1 aromatic heterocycles. The number of halogens is 1. The highest BCUT2D eigenvalue weighted by Gasteiger charge is 2.05. The van der Waals surface area contributed by atoms with Crippen LogP contribution in [0.3, 0.4) is 0 Å². The number of hydrogen-bond acceptors (Lipinski definition) is 2. The van der Waals surface area contributed by atoms with Crippen molar-refractivity contribution in [3.05, 3.63) is 58.5 Å². The van der Waals surface area contributed by atoms with Gasteiger partial charge in [0, 0.05) is 10.5 Å². The fourth-order valence-corrected chi connectivity index (χ4v) is 1.98. The average molecular weight is 280 g/mol. The summed E-state index contributed by atoms with van der Waals surface area (Å²) in [7, 11) is 0. The van der Waals surface area contributed by atoms with Crippen LogP contribution in [0, 0.1) is 0 Å². The molecule has 2 nitrogen and oxygen atoms in total. The molecule has 0 aliphatic heterocycles. The summed E-state index contributed by atoms with van der Waals surface area (Å²) in [5, 5.41) is 3.41. The Morgan fingerprint density at radius 2 is 2.19 bits per heavy atom. The zero-order valence-electron chi connectivity index (χ0n) is 9.11. The number of nitrogens with one attached hydrogen (secondary N) is 1. The summed E-state index contributed by atoms with van der Waals surface area (Å²) >= 11 is 3.47. The van der Waals surface area contributed by atoms with E-state index in [4.69, 9.17) is 4.42 Å². The van der Waals surface area contributed by atoms with Crippen LogP contribution in [-0.2, 0) is 6.54 Å². The van der Waals surface area contributed by atoms with Crippen LogP contribution in [-0.4, -0.2) is 0 Å². The van der Waals surface area contributed by atoms with E-state index in [-0.39, 0.29) is 0 Å². The van der Waals surface area contributed by atoms with Crippen LogP contribution in [0.2, 0.25) is 0 Å². The van der Waals surface area contributed by atoms with Crippen LogP contribution in [0.4, 0.5) is 0 Å². The second-order valence-electron chi connectivity index (χ2n) is 3.74. The van der Waals surface area contributed by atoms with Gasteiger partial charge < -0.3 is 9.73 Å². The number of rotatable bonds is 4. The first-order valence-corrected chi connectivity index (χ1v) is 6.06. The van der Waals surface area contributed by atoms with E-state index in [2.05, 4.69) is 40.3 Å². The Balaban J connectivity index is 1.95. The minimum absolute atomic E-state index is 0.308. The third kappa shape index (κ3) is 2.97. The molecule has 0 aliphatic carbocycles. The fraction of sp³-hybridized carbons (Fsp3) is 0.231. The summed E-state index contributed by atoms with van der Waals surface area (Å²) < 4.78 is 6.38. The maximum atomic E-state index is 5.27. The predicted octanol–water partition coefficient (Wildman–Crippen LogP) is 3.89. The molecule has 3 heteroatoms. The maximum Gasteiger partial charge on any atom is 0.117 e. The van der Waals surface area contributed by atoms with Crippen molar-refractivity contribution in [1.29, 1.82) is 0 Å². The lowest BCUT2D eigenvalue weighted by Gasteiger charge is -2.13. The summed E-state index contributed by atoms with van der Waals surface area (Å²) in [6.07, 6.45) is 1.70. The SMILES string of the molecule is C[C@@H](NCc1ccco1)c1cccc(Br)c1. The molecule has 0 amide bonds. The molecular weight excluding hydrogens is 266 g/mol. The van der Waals surface area contributed by atoms with Gasteiger partial charge in [-0.2, -0.15) is 0 Å². The highest BCUT2D eigenvalue weighted by Crippen LogP contribution is 2.18. The molecule has 2 rings (SSSR count). The molecule has 84 valence electrons. The molecule has 1 heterocycles. The van der Waals surface area contributed by atoms with Crippen molar-refractivity contribution in [2.24, 2.45) is 0 Å². The topological polar surface area (TPSA) is 25.2 Å². The van der Waals surface area contributed by atoms with Crippen molar-refractivity contribution in [2.45, 2.75) is 19.5 Å². The van der Waals surface area contributed by atoms with Gasteiger partial charge in [0.2, 0.25) is 0 Å². The number of benzene rings is 1. The Kier molecular flexibility index (Phi) is 3.80. The molecule has 1 N–H and O–H groups in total. The van der Waals surface area contributed by atoms with E-state index in [1.54, 1.807) is 6.26 Å². The monoisotopic (exact) mass is 279 g/mol. The van der Waals surface area contributed by atoms with Gasteiger partial charge >= 0.3 is 0 Å². The van der Waals surface area contributed by atoms with Crippen molar-refractivity contribution < 1.29 is 4.42 Å². The molecule has 0 saturated heterocycles. The second-order valence-corrected chi connectivity index (χ2v) is 4.65. The molecule has 1 atom stereocenters. The molecule has 2 aromatic rings. The van der Waals surface area contributed by atoms with E-state index in [0.717, 1.165) is 16.8 Å². The first kappa shape index (κ1) is 11.4. The maximum absolute atomic E-state index is 5.27. The van der Waals surface area contributed by atoms with E-state index in [1.165, 1.54) is 5.56 Å². The number of hydrogen-bond donors (Lipinski definition) is 1. The summed E-state index contributed by atoms with van der Waals surface area (Å²) in [6, 6.07) is 12.5. The Morgan fingerprint density at radius 3 is 2.88 bits per heavy atom. The van der Waals surface area contributed by atoms with Gasteiger partial charge in [0.25, 0.3) is 0 Å². The van der Waals surface area contributed by atoms with Gasteiger partial charge in [0.1, 0.15) is 5.76 Å². The van der Waals surface area contributed by atoms with Crippen LogP contribution in [0.25, 0.3) is 0 Å². The van der Waals surface area contributed by atoms with Crippen molar-refractivity contribution in [3.63, 3.8) is 0 Å². The van der Waals surface area contributed by atoms with Crippen molar-refractivity contribution in [2.75, 3.05) is 0 Å². The minimum atomic E-state index is 0.308. The molecule has 0 saturated carbocycles. The van der Waals surface area contributed by atoms with Gasteiger partial charge in [-0.15, -0.1) is 0 Å². The second kappa shape index (κ2) is 5.32. The summed E-state index contributed by atoms with van der Waals surface area (Å²) in [4.78, 5) is 0. The molecule has 16 heavy (non-hydrogen) atoms. The predicted molar refractivity (Wildman–Crippen MR) is 68.1 cm³/mol. The van der Waals surface area contributed by atoms with Gasteiger partial charge in [0.05, 0.1) is 12.8 Å². The molecule has 0 bridgehead atoms. The van der Waals surface area contributed by atoms with Gasteiger partial charge in [-0.05, 0) is 36.8 Å². The molecule has 0 unspecified atom stereocenters. The van der Waals surface area contributed by atoms with Crippen LogP contribution in [0.1, 0.15) is 24.3 Å². The van der Waals surface area contributed by atoms with E-state index in [0.29, 0.717) is 6.04 Å². The van der Waals surface area contributed by atoms with Gasteiger partial charge in [-0.3, -0.25) is 0 Å². The van der Waals surface area contributed by atoms with E-state index >= 15 is 0 Å². The summed E-state index contributed by atoms with van der Waals surface area (Å²) in [5.41, 5.74) is 1.26. The first-order valence-electron chi connectivity index (χ1n) is 5.27. The Bertz CT molecular complexity index is 439. The van der Waals surface area contributed by atoms with Gasteiger partial charge in [-0.1, -0.05) is 28.1 Å². The van der Waals surface area contributed by atoms with Crippen LogP contribution >= 0.6 is 15.9 Å².